The van der Waals surface area contributed by atoms with Gasteiger partial charge in [0.15, 0.2) is 5.65 Å². The molecule has 152 valence electrons. The fourth-order valence-corrected chi connectivity index (χ4v) is 4.01. The highest BCUT2D eigenvalue weighted by molar-refractivity contribution is 8.00. The highest BCUT2D eigenvalue weighted by Crippen LogP contribution is 2.27. The number of hydrogen-bond donors (Lipinski definition) is 1. The van der Waals surface area contributed by atoms with E-state index in [1.807, 2.05) is 55.5 Å². The third-order valence-electron chi connectivity index (χ3n) is 4.80. The van der Waals surface area contributed by atoms with Crippen LogP contribution in [0.2, 0.25) is 0 Å². The Balaban J connectivity index is 1.51. The van der Waals surface area contributed by atoms with Crippen molar-refractivity contribution >= 4 is 34.4 Å². The van der Waals surface area contributed by atoms with Crippen LogP contribution in [0.25, 0.3) is 16.7 Å². The third kappa shape index (κ3) is 4.21. The van der Waals surface area contributed by atoms with E-state index in [0.29, 0.717) is 5.92 Å². The van der Waals surface area contributed by atoms with Crippen LogP contribution in [0.1, 0.15) is 30.9 Å². The van der Waals surface area contributed by atoms with E-state index < -0.39 is 0 Å². The summed E-state index contributed by atoms with van der Waals surface area (Å²) in [4.78, 5) is 21.3. The summed E-state index contributed by atoms with van der Waals surface area (Å²) in [6.07, 6.45) is 3.27. The largest absolute Gasteiger partial charge is 0.325 e. The van der Waals surface area contributed by atoms with Crippen molar-refractivity contribution in [1.82, 2.24) is 19.7 Å². The monoisotopic (exact) mass is 417 g/mol. The minimum atomic E-state index is -0.0641. The van der Waals surface area contributed by atoms with Gasteiger partial charge in [-0.05, 0) is 36.6 Å². The number of hydrogen-bond acceptors (Lipinski definition) is 5. The zero-order valence-corrected chi connectivity index (χ0v) is 18.0. The second-order valence-electron chi connectivity index (χ2n) is 7.39. The van der Waals surface area contributed by atoms with Crippen molar-refractivity contribution in [2.75, 3.05) is 11.1 Å². The van der Waals surface area contributed by atoms with Crippen molar-refractivity contribution in [1.29, 1.82) is 0 Å². The van der Waals surface area contributed by atoms with Crippen LogP contribution in [0.5, 0.6) is 0 Å². The van der Waals surface area contributed by atoms with Gasteiger partial charge < -0.3 is 5.32 Å². The molecule has 2 aromatic heterocycles. The third-order valence-corrected chi connectivity index (χ3v) is 5.81. The number of aromatic nitrogens is 4. The molecule has 1 amide bonds. The van der Waals surface area contributed by atoms with Crippen molar-refractivity contribution in [3.8, 4) is 5.69 Å². The van der Waals surface area contributed by atoms with Gasteiger partial charge in [-0.3, -0.25) is 4.79 Å². The maximum absolute atomic E-state index is 12.6. The Labute approximate surface area is 179 Å². The lowest BCUT2D eigenvalue weighted by Gasteiger charge is -2.13. The number of fused-ring (bicyclic) bond motifs is 1. The van der Waals surface area contributed by atoms with Crippen molar-refractivity contribution in [2.24, 2.45) is 0 Å². The van der Waals surface area contributed by atoms with Crippen molar-refractivity contribution in [2.45, 2.75) is 31.7 Å². The molecule has 0 aliphatic carbocycles. The molecule has 2 heterocycles. The fourth-order valence-electron chi connectivity index (χ4n) is 3.25. The lowest BCUT2D eigenvalue weighted by atomic mass is 10.0. The molecular weight excluding hydrogens is 394 g/mol. The summed E-state index contributed by atoms with van der Waals surface area (Å²) in [5.74, 6) is 0.530. The first-order valence-electron chi connectivity index (χ1n) is 9.80. The highest BCUT2D eigenvalue weighted by Gasteiger charge is 2.14. The first-order chi connectivity index (χ1) is 14.5. The van der Waals surface area contributed by atoms with Gasteiger partial charge in [0.2, 0.25) is 5.91 Å². The molecule has 0 aliphatic rings. The summed E-state index contributed by atoms with van der Waals surface area (Å²) in [6, 6.07) is 16.0. The normalized spacial score (nSPS) is 11.2. The number of aryl methyl sites for hydroxylation is 1. The van der Waals surface area contributed by atoms with E-state index in [9.17, 15) is 4.79 Å². The molecule has 4 rings (SSSR count). The molecular formula is C23H23N5OS. The van der Waals surface area contributed by atoms with E-state index in [2.05, 4.69) is 34.2 Å². The minimum Gasteiger partial charge on any atom is -0.325 e. The van der Waals surface area contributed by atoms with E-state index in [1.165, 1.54) is 23.7 Å². The van der Waals surface area contributed by atoms with Crippen LogP contribution < -0.4 is 5.32 Å². The maximum Gasteiger partial charge on any atom is 0.234 e. The minimum absolute atomic E-state index is 0.0641. The van der Waals surface area contributed by atoms with Gasteiger partial charge in [0, 0.05) is 5.69 Å². The Bertz CT molecular complexity index is 1180. The second-order valence-corrected chi connectivity index (χ2v) is 8.35. The standard InChI is InChI=1S/C23H23N5OS/c1-15(2)18-6-4-5-7-20(18)27-21(29)13-30-23-19-12-26-28(22(19)24-14-25-23)17-10-8-16(3)9-11-17/h4-12,14-15H,13H2,1-3H3,(H,27,29). The van der Waals surface area contributed by atoms with Gasteiger partial charge >= 0.3 is 0 Å². The molecule has 6 nitrogen and oxygen atoms in total. The number of rotatable bonds is 6. The molecule has 0 saturated heterocycles. The summed E-state index contributed by atoms with van der Waals surface area (Å²) in [5.41, 5.74) is 4.83. The van der Waals surface area contributed by atoms with Gasteiger partial charge in [0.1, 0.15) is 11.4 Å². The van der Waals surface area contributed by atoms with Gasteiger partial charge in [-0.1, -0.05) is 61.5 Å². The summed E-state index contributed by atoms with van der Waals surface area (Å²) in [7, 11) is 0. The van der Waals surface area contributed by atoms with E-state index >= 15 is 0 Å². The van der Waals surface area contributed by atoms with E-state index in [1.54, 1.807) is 10.9 Å². The lowest BCUT2D eigenvalue weighted by molar-refractivity contribution is -0.113. The van der Waals surface area contributed by atoms with E-state index in [4.69, 9.17) is 0 Å². The molecule has 0 saturated carbocycles. The van der Waals surface area contributed by atoms with Crippen LogP contribution >= 0.6 is 11.8 Å². The van der Waals surface area contributed by atoms with E-state index in [-0.39, 0.29) is 11.7 Å². The Morgan fingerprint density at radius 3 is 2.63 bits per heavy atom. The number of nitrogens with one attached hydrogen (secondary N) is 1. The molecule has 0 bridgehead atoms. The Hall–Kier alpha value is -3.19. The van der Waals surface area contributed by atoms with Crippen molar-refractivity contribution < 1.29 is 4.79 Å². The molecule has 0 fully saturated rings. The van der Waals surface area contributed by atoms with Crippen LogP contribution in [0.3, 0.4) is 0 Å². The van der Waals surface area contributed by atoms with Gasteiger partial charge in [0.05, 0.1) is 23.0 Å². The number of thioether (sulfide) groups is 1. The Morgan fingerprint density at radius 2 is 1.87 bits per heavy atom. The topological polar surface area (TPSA) is 72.7 Å². The molecule has 2 aromatic carbocycles. The number of amides is 1. The summed E-state index contributed by atoms with van der Waals surface area (Å²) < 4.78 is 1.79. The molecule has 0 aliphatic heterocycles. The van der Waals surface area contributed by atoms with E-state index in [0.717, 1.165) is 33.0 Å². The number of carbonyl (C=O) groups excluding carboxylic acids is 1. The van der Waals surface area contributed by atoms with Crippen molar-refractivity contribution in [3.63, 3.8) is 0 Å². The molecule has 0 spiro atoms. The molecule has 4 aromatic rings. The lowest BCUT2D eigenvalue weighted by Crippen LogP contribution is -2.15. The van der Waals surface area contributed by atoms with Crippen LogP contribution in [0.15, 0.2) is 66.1 Å². The average Bonchev–Trinajstić information content (AvgIpc) is 3.18. The van der Waals surface area contributed by atoms with Gasteiger partial charge in [-0.25, -0.2) is 14.6 Å². The smallest absolute Gasteiger partial charge is 0.234 e. The molecule has 0 radical (unpaired) electrons. The zero-order chi connectivity index (χ0) is 21.1. The molecule has 7 heteroatoms. The number of carbonyl (C=O) groups is 1. The number of nitrogens with zero attached hydrogens (tertiary/aromatic N) is 4. The molecule has 1 N–H and O–H groups in total. The zero-order valence-electron chi connectivity index (χ0n) is 17.2. The Kier molecular flexibility index (Phi) is 5.81. The van der Waals surface area contributed by atoms with Crippen LogP contribution in [-0.4, -0.2) is 31.4 Å². The number of benzene rings is 2. The predicted molar refractivity (Wildman–Crippen MR) is 121 cm³/mol. The van der Waals surface area contributed by atoms with Crippen LogP contribution in [-0.2, 0) is 4.79 Å². The summed E-state index contributed by atoms with van der Waals surface area (Å²) in [5, 5.41) is 9.08. The highest BCUT2D eigenvalue weighted by atomic mass is 32.2. The van der Waals surface area contributed by atoms with Crippen LogP contribution in [0.4, 0.5) is 5.69 Å². The van der Waals surface area contributed by atoms with Gasteiger partial charge in [0.25, 0.3) is 0 Å². The first kappa shape index (κ1) is 20.1. The quantitative estimate of drug-likeness (QED) is 0.354. The predicted octanol–water partition coefficient (Wildman–Crippen LogP) is 4.98. The Morgan fingerprint density at radius 1 is 1.10 bits per heavy atom. The number of anilines is 1. The molecule has 0 unspecified atom stereocenters. The average molecular weight is 418 g/mol. The summed E-state index contributed by atoms with van der Waals surface area (Å²) in [6.45, 7) is 6.28. The second kappa shape index (κ2) is 8.67. The van der Waals surface area contributed by atoms with Crippen molar-refractivity contribution in [3.05, 3.63) is 72.2 Å². The van der Waals surface area contributed by atoms with Gasteiger partial charge in [-0.15, -0.1) is 0 Å². The first-order valence-corrected chi connectivity index (χ1v) is 10.8. The maximum atomic E-state index is 12.6. The SMILES string of the molecule is Cc1ccc(-n2ncc3c(SCC(=O)Nc4ccccc4C(C)C)ncnc32)cc1. The summed E-state index contributed by atoms with van der Waals surface area (Å²) >= 11 is 1.39. The van der Waals surface area contributed by atoms with Gasteiger partial charge in [-0.2, -0.15) is 5.10 Å². The fraction of sp³-hybridized carbons (Fsp3) is 0.217. The molecule has 30 heavy (non-hydrogen) atoms. The molecule has 0 atom stereocenters. The van der Waals surface area contributed by atoms with Crippen LogP contribution in [0, 0.1) is 6.92 Å². The number of para-hydroxylation sites is 1.